The summed E-state index contributed by atoms with van der Waals surface area (Å²) < 4.78 is 5.26. The van der Waals surface area contributed by atoms with Gasteiger partial charge in [0.2, 0.25) is 0 Å². The molecule has 0 aliphatic carbocycles. The van der Waals surface area contributed by atoms with E-state index in [2.05, 4.69) is 0 Å². The smallest absolute Gasteiger partial charge is 0.137 e. The summed E-state index contributed by atoms with van der Waals surface area (Å²) in [5.74, 6) is 0.850. The molecule has 0 fully saturated rings. The Labute approximate surface area is 67.8 Å². The minimum absolute atomic E-state index is 0.383. The summed E-state index contributed by atoms with van der Waals surface area (Å²) in [6.45, 7) is 0. The monoisotopic (exact) mass is 172 g/mol. The highest BCUT2D eigenvalue weighted by Crippen LogP contribution is 2.08. The van der Waals surface area contributed by atoms with Gasteiger partial charge < -0.3 is 4.18 Å². The van der Waals surface area contributed by atoms with E-state index in [1.165, 1.54) is 0 Å². The predicted octanol–water partition coefficient (Wildman–Crippen LogP) is 1.69. The molecule has 0 N–H and O–H groups in total. The standard InChI is InChI=1S/C7H8OS2/c1-10(9)8-7-5-3-2-4-6-7/h2-6H,1H3. The molecular formula is C7H8OS2. The second-order valence-corrected chi connectivity index (χ2v) is 4.18. The van der Waals surface area contributed by atoms with E-state index in [1.807, 2.05) is 36.6 Å². The van der Waals surface area contributed by atoms with Crippen molar-refractivity contribution in [3.05, 3.63) is 30.3 Å². The van der Waals surface area contributed by atoms with Crippen LogP contribution in [0.4, 0.5) is 0 Å². The third-order valence-electron chi connectivity index (χ3n) is 0.957. The SMILES string of the molecule is CS(=S)Oc1ccccc1. The van der Waals surface area contributed by atoms with Gasteiger partial charge in [-0.15, -0.1) is 0 Å². The van der Waals surface area contributed by atoms with Crippen LogP contribution < -0.4 is 4.18 Å². The molecule has 0 amide bonds. The number of benzene rings is 1. The Morgan fingerprint density at radius 3 is 2.40 bits per heavy atom. The fraction of sp³-hybridized carbons (Fsp3) is 0.143. The molecule has 0 aromatic heterocycles. The van der Waals surface area contributed by atoms with E-state index < -0.39 is 0 Å². The molecule has 54 valence electrons. The first-order valence-corrected chi connectivity index (χ1v) is 5.34. The molecule has 0 saturated carbocycles. The van der Waals surface area contributed by atoms with Gasteiger partial charge >= 0.3 is 0 Å². The van der Waals surface area contributed by atoms with Crippen LogP contribution in [-0.4, -0.2) is 6.26 Å². The van der Waals surface area contributed by atoms with Crippen molar-refractivity contribution < 1.29 is 4.18 Å². The largest absolute Gasteiger partial charge is 0.424 e. The van der Waals surface area contributed by atoms with Gasteiger partial charge in [0, 0.05) is 6.26 Å². The Balaban J connectivity index is 2.67. The van der Waals surface area contributed by atoms with E-state index >= 15 is 0 Å². The van der Waals surface area contributed by atoms with E-state index in [9.17, 15) is 0 Å². The lowest BCUT2D eigenvalue weighted by atomic mass is 10.3. The Kier molecular flexibility index (Phi) is 2.83. The van der Waals surface area contributed by atoms with Crippen LogP contribution in [0.25, 0.3) is 0 Å². The van der Waals surface area contributed by atoms with Crippen molar-refractivity contribution in [3.63, 3.8) is 0 Å². The molecule has 0 spiro atoms. The maximum Gasteiger partial charge on any atom is 0.137 e. The molecule has 3 heteroatoms. The van der Waals surface area contributed by atoms with E-state index in [0.29, 0.717) is 0 Å². The quantitative estimate of drug-likeness (QED) is 0.671. The van der Waals surface area contributed by atoms with Crippen molar-refractivity contribution in [2.45, 2.75) is 0 Å². The average Bonchev–Trinajstić information content (AvgIpc) is 1.88. The average molecular weight is 172 g/mol. The molecule has 0 saturated heterocycles. The lowest BCUT2D eigenvalue weighted by molar-refractivity contribution is 0.644. The van der Waals surface area contributed by atoms with Crippen LogP contribution in [0.1, 0.15) is 0 Å². The molecular weight excluding hydrogens is 164 g/mol. The van der Waals surface area contributed by atoms with Gasteiger partial charge in [0.15, 0.2) is 0 Å². The maximum atomic E-state index is 5.26. The van der Waals surface area contributed by atoms with Crippen LogP contribution in [0.15, 0.2) is 30.3 Å². The Morgan fingerprint density at radius 2 is 1.90 bits per heavy atom. The van der Waals surface area contributed by atoms with Crippen LogP contribution in [-0.2, 0) is 20.9 Å². The van der Waals surface area contributed by atoms with Crippen LogP contribution >= 0.6 is 0 Å². The predicted molar refractivity (Wildman–Crippen MR) is 47.7 cm³/mol. The zero-order valence-corrected chi connectivity index (χ0v) is 7.24. The molecule has 0 aliphatic rings. The van der Waals surface area contributed by atoms with E-state index in [4.69, 9.17) is 15.4 Å². The molecule has 1 aromatic rings. The first-order valence-electron chi connectivity index (χ1n) is 2.86. The second kappa shape index (κ2) is 3.68. The molecule has 0 bridgehead atoms. The molecule has 0 aliphatic heterocycles. The number of hydrogen-bond acceptors (Lipinski definition) is 2. The zero-order valence-electron chi connectivity index (χ0n) is 5.61. The van der Waals surface area contributed by atoms with E-state index in [0.717, 1.165) is 5.75 Å². The van der Waals surface area contributed by atoms with Crippen molar-refractivity contribution in [2.75, 3.05) is 6.26 Å². The highest BCUT2D eigenvalue weighted by Gasteiger charge is 1.88. The van der Waals surface area contributed by atoms with Crippen molar-refractivity contribution in [1.82, 2.24) is 0 Å². The number of para-hydroxylation sites is 1. The Bertz CT molecular complexity index is 220. The van der Waals surface area contributed by atoms with Crippen molar-refractivity contribution in [3.8, 4) is 5.75 Å². The van der Waals surface area contributed by atoms with Crippen molar-refractivity contribution >= 4 is 20.9 Å². The fourth-order valence-electron chi connectivity index (χ4n) is 0.612. The molecule has 1 atom stereocenters. The summed E-state index contributed by atoms with van der Waals surface area (Å²) >= 11 is 4.87. The third kappa shape index (κ3) is 2.45. The lowest BCUT2D eigenvalue weighted by Crippen LogP contribution is -1.93. The second-order valence-electron chi connectivity index (χ2n) is 1.80. The van der Waals surface area contributed by atoms with Gasteiger partial charge in [-0.2, -0.15) is 0 Å². The highest BCUT2D eigenvalue weighted by atomic mass is 32.8. The molecule has 1 rings (SSSR count). The van der Waals surface area contributed by atoms with E-state index in [1.54, 1.807) is 0 Å². The maximum absolute atomic E-state index is 5.26. The minimum Gasteiger partial charge on any atom is -0.424 e. The van der Waals surface area contributed by atoms with Gasteiger partial charge in [-0.25, -0.2) is 0 Å². The summed E-state index contributed by atoms with van der Waals surface area (Å²) in [5, 5.41) is 0. The summed E-state index contributed by atoms with van der Waals surface area (Å²) in [7, 11) is -0.383. The van der Waals surface area contributed by atoms with Crippen LogP contribution in [0.3, 0.4) is 0 Å². The van der Waals surface area contributed by atoms with Crippen molar-refractivity contribution in [2.24, 2.45) is 0 Å². The van der Waals surface area contributed by atoms with Gasteiger partial charge in [0.1, 0.15) is 5.75 Å². The topological polar surface area (TPSA) is 9.23 Å². The molecule has 1 unspecified atom stereocenters. The van der Waals surface area contributed by atoms with Gasteiger partial charge in [-0.1, -0.05) is 18.2 Å². The van der Waals surface area contributed by atoms with Crippen molar-refractivity contribution in [1.29, 1.82) is 0 Å². The van der Waals surface area contributed by atoms with Gasteiger partial charge in [0.05, 0.1) is 9.74 Å². The molecule has 0 heterocycles. The van der Waals surface area contributed by atoms with Gasteiger partial charge in [-0.05, 0) is 23.3 Å². The molecule has 1 aromatic carbocycles. The molecule has 10 heavy (non-hydrogen) atoms. The molecule has 0 radical (unpaired) electrons. The minimum atomic E-state index is -0.383. The number of hydrogen-bond donors (Lipinski definition) is 0. The van der Waals surface area contributed by atoms with E-state index in [-0.39, 0.29) is 9.74 Å². The highest BCUT2D eigenvalue weighted by molar-refractivity contribution is 8.26. The Hall–Kier alpha value is -0.410. The third-order valence-corrected chi connectivity index (χ3v) is 1.59. The normalized spacial score (nSPS) is 12.5. The zero-order chi connectivity index (χ0) is 7.40. The molecule has 1 nitrogen and oxygen atoms in total. The van der Waals surface area contributed by atoms with Crippen LogP contribution in [0.2, 0.25) is 0 Å². The first-order chi connectivity index (χ1) is 4.79. The van der Waals surface area contributed by atoms with Gasteiger partial charge in [-0.3, -0.25) is 0 Å². The summed E-state index contributed by atoms with van der Waals surface area (Å²) in [4.78, 5) is 0. The van der Waals surface area contributed by atoms with Crippen LogP contribution in [0.5, 0.6) is 5.75 Å². The summed E-state index contributed by atoms with van der Waals surface area (Å²) in [6, 6.07) is 9.60. The Morgan fingerprint density at radius 1 is 1.30 bits per heavy atom. The first kappa shape index (κ1) is 7.69. The van der Waals surface area contributed by atoms with Gasteiger partial charge in [0.25, 0.3) is 0 Å². The fourth-order valence-corrected chi connectivity index (χ4v) is 1.23. The summed E-state index contributed by atoms with van der Waals surface area (Å²) in [5.41, 5.74) is 0. The van der Waals surface area contributed by atoms with Crippen LogP contribution in [0, 0.1) is 0 Å². The lowest BCUT2D eigenvalue weighted by Gasteiger charge is -2.00. The summed E-state index contributed by atoms with van der Waals surface area (Å²) in [6.07, 6.45) is 1.86. The number of rotatable bonds is 2.